The van der Waals surface area contributed by atoms with Gasteiger partial charge in [-0.3, -0.25) is 0 Å². The van der Waals surface area contributed by atoms with E-state index in [4.69, 9.17) is 0 Å². The third kappa shape index (κ3) is 1.41. The lowest BCUT2D eigenvalue weighted by atomic mass is 10.9. The molecule has 0 fully saturated rings. The monoisotopic (exact) mass is 174 g/mol. The van der Waals surface area contributed by atoms with Gasteiger partial charge in [-0.05, 0) is 0 Å². The van der Waals surface area contributed by atoms with E-state index in [9.17, 15) is 8.42 Å². The third-order valence-electron chi connectivity index (χ3n) is 1.24. The van der Waals surface area contributed by atoms with Gasteiger partial charge in [-0.2, -0.15) is 0 Å². The normalized spacial score (nSPS) is 11.8. The third-order valence-corrected chi connectivity index (χ3v) is 2.56. The lowest BCUT2D eigenvalue weighted by molar-refractivity contribution is 0.580. The van der Waals surface area contributed by atoms with Gasteiger partial charge < -0.3 is 4.57 Å². The Balaban J connectivity index is 3.22. The number of nitrogens with one attached hydrogen (secondary N) is 1. The van der Waals surface area contributed by atoms with Crippen LogP contribution in [-0.2, 0) is 17.1 Å². The average molecular weight is 174 g/mol. The maximum atomic E-state index is 11.0. The summed E-state index contributed by atoms with van der Waals surface area (Å²) in [4.78, 5) is 3.65. The molecule has 1 heterocycles. The zero-order valence-corrected chi connectivity index (χ0v) is 6.80. The van der Waals surface area contributed by atoms with Crippen molar-refractivity contribution in [1.29, 1.82) is 0 Å². The molecule has 0 saturated carbocycles. The molecule has 5 nitrogen and oxygen atoms in total. The minimum absolute atomic E-state index is 0.104. The van der Waals surface area contributed by atoms with Crippen LogP contribution in [0.4, 0.5) is 0 Å². The van der Waals surface area contributed by atoms with Crippen molar-refractivity contribution in [2.75, 3.05) is 0 Å². The van der Waals surface area contributed by atoms with E-state index in [1.165, 1.54) is 17.1 Å². The van der Waals surface area contributed by atoms with E-state index < -0.39 is 10.0 Å². The van der Waals surface area contributed by atoms with Crippen LogP contribution in [0.25, 0.3) is 0 Å². The summed E-state index contributed by atoms with van der Waals surface area (Å²) in [7, 11) is 1.22. The van der Waals surface area contributed by atoms with Crippen LogP contribution in [0.2, 0.25) is 0 Å². The number of imidazole rings is 1. The number of nitrogens with zero attached hydrogens (tertiary/aromatic N) is 2. The second-order valence-corrected chi connectivity index (χ2v) is 3.70. The van der Waals surface area contributed by atoms with Crippen LogP contribution in [0.1, 0.15) is 0 Å². The summed E-state index contributed by atoms with van der Waals surface area (Å²) >= 11 is 0. The van der Waals surface area contributed by atoms with E-state index in [1.807, 2.05) is 4.72 Å². The lowest BCUT2D eigenvalue weighted by Crippen LogP contribution is -2.18. The molecular formula is C5H8N3O2S. The van der Waals surface area contributed by atoms with Crippen molar-refractivity contribution in [3.8, 4) is 0 Å². The zero-order valence-electron chi connectivity index (χ0n) is 5.98. The molecule has 1 aromatic rings. The van der Waals surface area contributed by atoms with Gasteiger partial charge in [0.05, 0.1) is 12.5 Å². The van der Waals surface area contributed by atoms with Crippen LogP contribution in [0.3, 0.4) is 0 Å². The molecule has 11 heavy (non-hydrogen) atoms. The molecular weight excluding hydrogens is 166 g/mol. The van der Waals surface area contributed by atoms with Gasteiger partial charge in [-0.15, -0.1) is 0 Å². The number of sulfonamides is 1. The molecule has 0 amide bonds. The smallest absolute Gasteiger partial charge is 0.257 e. The molecule has 6 heteroatoms. The predicted molar refractivity (Wildman–Crippen MR) is 38.9 cm³/mol. The number of aromatic nitrogens is 2. The van der Waals surface area contributed by atoms with Crippen LogP contribution >= 0.6 is 0 Å². The van der Waals surface area contributed by atoms with Crippen molar-refractivity contribution in [3.63, 3.8) is 0 Å². The van der Waals surface area contributed by atoms with E-state index in [0.717, 1.165) is 0 Å². The Labute approximate surface area is 65.1 Å². The maximum Gasteiger partial charge on any atom is 0.257 e. The Morgan fingerprint density at radius 1 is 1.73 bits per heavy atom. The summed E-state index contributed by atoms with van der Waals surface area (Å²) in [6, 6.07) is 0. The first-order chi connectivity index (χ1) is 5.08. The highest BCUT2D eigenvalue weighted by Gasteiger charge is 2.14. The van der Waals surface area contributed by atoms with Gasteiger partial charge in [0.25, 0.3) is 10.0 Å². The molecule has 0 aliphatic heterocycles. The first kappa shape index (κ1) is 8.22. The molecule has 0 saturated heterocycles. The first-order valence-electron chi connectivity index (χ1n) is 2.83. The minimum Gasteiger partial charge on any atom is -0.324 e. The summed E-state index contributed by atoms with van der Waals surface area (Å²) in [5.41, 5.74) is 0. The van der Waals surface area contributed by atoms with Crippen LogP contribution in [0, 0.1) is 7.05 Å². The highest BCUT2D eigenvalue weighted by molar-refractivity contribution is 7.89. The fourth-order valence-corrected chi connectivity index (χ4v) is 1.45. The molecule has 0 spiro atoms. The molecule has 0 atom stereocenters. The van der Waals surface area contributed by atoms with Crippen molar-refractivity contribution >= 4 is 10.0 Å². The molecule has 1 aromatic heterocycles. The van der Waals surface area contributed by atoms with Crippen LogP contribution in [0.15, 0.2) is 17.6 Å². The van der Waals surface area contributed by atoms with E-state index >= 15 is 0 Å². The van der Waals surface area contributed by atoms with Crippen LogP contribution < -0.4 is 4.72 Å². The number of rotatable bonds is 2. The van der Waals surface area contributed by atoms with Gasteiger partial charge in [0.15, 0.2) is 5.03 Å². The quantitative estimate of drug-likeness (QED) is 0.656. The molecule has 1 N–H and O–H groups in total. The van der Waals surface area contributed by atoms with E-state index in [1.54, 1.807) is 7.05 Å². The number of aryl methyl sites for hydroxylation is 1. The predicted octanol–water partition coefficient (Wildman–Crippen LogP) is -0.510. The van der Waals surface area contributed by atoms with Gasteiger partial charge in [-0.25, -0.2) is 18.1 Å². The molecule has 0 bridgehead atoms. The SMILES string of the molecule is [CH2]NS(=O)(=O)c1cncn1C. The second kappa shape index (κ2) is 2.63. The molecule has 1 radical (unpaired) electrons. The van der Waals surface area contributed by atoms with Crippen molar-refractivity contribution in [2.24, 2.45) is 7.05 Å². The Bertz CT molecular complexity index is 340. The topological polar surface area (TPSA) is 64.0 Å². The van der Waals surface area contributed by atoms with E-state index in [-0.39, 0.29) is 5.03 Å². The van der Waals surface area contributed by atoms with Gasteiger partial charge in [0, 0.05) is 14.1 Å². The molecule has 1 rings (SSSR count). The van der Waals surface area contributed by atoms with Crippen LogP contribution in [0.5, 0.6) is 0 Å². The highest BCUT2D eigenvalue weighted by atomic mass is 32.2. The summed E-state index contributed by atoms with van der Waals surface area (Å²) in [5.74, 6) is 0. The molecule has 61 valence electrons. The largest absolute Gasteiger partial charge is 0.324 e. The fraction of sp³-hybridized carbons (Fsp3) is 0.200. The summed E-state index contributed by atoms with van der Waals surface area (Å²) in [6.07, 6.45) is 2.66. The second-order valence-electron chi connectivity index (χ2n) is 1.99. The molecule has 0 unspecified atom stereocenters. The Morgan fingerprint density at radius 2 is 2.36 bits per heavy atom. The van der Waals surface area contributed by atoms with Crippen molar-refractivity contribution in [3.05, 3.63) is 19.6 Å². The van der Waals surface area contributed by atoms with Crippen molar-refractivity contribution in [2.45, 2.75) is 5.03 Å². The maximum absolute atomic E-state index is 11.0. The lowest BCUT2D eigenvalue weighted by Gasteiger charge is -2.00. The Morgan fingerprint density at radius 3 is 2.73 bits per heavy atom. The fourth-order valence-electron chi connectivity index (χ4n) is 0.678. The van der Waals surface area contributed by atoms with Gasteiger partial charge in [0.2, 0.25) is 0 Å². The Hall–Kier alpha value is -0.880. The molecule has 0 aliphatic rings. The van der Waals surface area contributed by atoms with E-state index in [0.29, 0.717) is 0 Å². The standard InChI is InChI=1S/C5H8N3O2S/c1-6-11(9,10)5-3-7-4-8(5)2/h3-4,6H,1H2,2H3. The van der Waals surface area contributed by atoms with Gasteiger partial charge in [0.1, 0.15) is 0 Å². The minimum atomic E-state index is -3.45. The van der Waals surface area contributed by atoms with Crippen molar-refractivity contribution < 1.29 is 8.42 Å². The van der Waals surface area contributed by atoms with Gasteiger partial charge >= 0.3 is 0 Å². The van der Waals surface area contributed by atoms with Crippen LogP contribution in [-0.4, -0.2) is 18.0 Å². The van der Waals surface area contributed by atoms with E-state index in [2.05, 4.69) is 12.0 Å². The first-order valence-corrected chi connectivity index (χ1v) is 4.31. The van der Waals surface area contributed by atoms with Gasteiger partial charge in [-0.1, -0.05) is 0 Å². The summed E-state index contributed by atoms with van der Waals surface area (Å²) in [5, 5.41) is 0.104. The number of hydrogen-bond acceptors (Lipinski definition) is 3. The Kier molecular flexibility index (Phi) is 1.97. The zero-order chi connectivity index (χ0) is 8.48. The molecule has 0 aliphatic carbocycles. The number of hydrogen-bond donors (Lipinski definition) is 1. The highest BCUT2D eigenvalue weighted by Crippen LogP contribution is 2.04. The average Bonchev–Trinajstić information content (AvgIpc) is 2.36. The summed E-state index contributed by atoms with van der Waals surface area (Å²) in [6.45, 7) is 0. The summed E-state index contributed by atoms with van der Waals surface area (Å²) < 4.78 is 25.4. The van der Waals surface area contributed by atoms with Crippen molar-refractivity contribution in [1.82, 2.24) is 14.3 Å². The molecule has 0 aromatic carbocycles.